The maximum atomic E-state index is 13.1. The number of thioether (sulfide) groups is 1. The molecule has 0 atom stereocenters. The van der Waals surface area contributed by atoms with Gasteiger partial charge in [-0.15, -0.1) is 0 Å². The fourth-order valence-electron chi connectivity index (χ4n) is 3.73. The van der Waals surface area contributed by atoms with Crippen molar-refractivity contribution < 1.29 is 14.1 Å². The highest BCUT2D eigenvalue weighted by atomic mass is 32.2. The standard InChI is InChI=1S/C22H25N3O2S/c1-24-11-13-25(14-12-24)19-9-5-4-8-18(19)23-22(26)21-17(15-28-2)16-7-3-6-10-20(16)27-21/h3-10H,11-15H2,1-2H3,(H,23,26)/p+1. The van der Waals surface area contributed by atoms with Crippen molar-refractivity contribution in [3.8, 4) is 0 Å². The van der Waals surface area contributed by atoms with Crippen molar-refractivity contribution in [2.45, 2.75) is 5.75 Å². The highest BCUT2D eigenvalue weighted by Crippen LogP contribution is 2.31. The second-order valence-electron chi connectivity index (χ2n) is 7.25. The zero-order valence-electron chi connectivity index (χ0n) is 16.3. The first-order valence-corrected chi connectivity index (χ1v) is 11.0. The molecule has 0 spiro atoms. The van der Waals surface area contributed by atoms with Gasteiger partial charge in [-0.3, -0.25) is 4.79 Å². The first kappa shape index (κ1) is 18.9. The van der Waals surface area contributed by atoms with Gasteiger partial charge in [0.15, 0.2) is 5.76 Å². The summed E-state index contributed by atoms with van der Waals surface area (Å²) in [5.74, 6) is 0.962. The van der Waals surface area contributed by atoms with Crippen LogP contribution in [-0.4, -0.2) is 45.4 Å². The van der Waals surface area contributed by atoms with E-state index in [1.807, 2.05) is 48.7 Å². The maximum Gasteiger partial charge on any atom is 0.291 e. The number of amides is 1. The molecule has 3 aromatic rings. The van der Waals surface area contributed by atoms with Crippen molar-refractivity contribution in [1.82, 2.24) is 0 Å². The highest BCUT2D eigenvalue weighted by molar-refractivity contribution is 7.97. The molecule has 0 bridgehead atoms. The summed E-state index contributed by atoms with van der Waals surface area (Å²) in [6.45, 7) is 4.18. The Labute approximate surface area is 169 Å². The molecule has 146 valence electrons. The van der Waals surface area contributed by atoms with E-state index in [4.69, 9.17) is 4.42 Å². The number of carbonyl (C=O) groups excluding carboxylic acids is 1. The van der Waals surface area contributed by atoms with Gasteiger partial charge in [-0.05, 0) is 24.5 Å². The molecule has 1 fully saturated rings. The average Bonchev–Trinajstić information content (AvgIpc) is 3.08. The molecule has 0 saturated carbocycles. The predicted molar refractivity (Wildman–Crippen MR) is 117 cm³/mol. The molecule has 1 aliphatic rings. The third-order valence-corrected chi connectivity index (χ3v) is 5.88. The molecule has 4 rings (SSSR count). The van der Waals surface area contributed by atoms with Crippen LogP contribution < -0.4 is 15.1 Å². The minimum atomic E-state index is -0.188. The lowest BCUT2D eigenvalue weighted by molar-refractivity contribution is -0.880. The van der Waals surface area contributed by atoms with Gasteiger partial charge in [0.05, 0.1) is 44.6 Å². The SMILES string of the molecule is CSCc1c(C(=O)Nc2ccccc2N2CC[NH+](C)CC2)oc2ccccc12. The Balaban J connectivity index is 1.63. The van der Waals surface area contributed by atoms with Crippen LogP contribution in [-0.2, 0) is 5.75 Å². The summed E-state index contributed by atoms with van der Waals surface area (Å²) in [6.07, 6.45) is 2.04. The van der Waals surface area contributed by atoms with Crippen molar-refractivity contribution in [2.24, 2.45) is 0 Å². The van der Waals surface area contributed by atoms with Crippen LogP contribution in [0.3, 0.4) is 0 Å². The van der Waals surface area contributed by atoms with E-state index in [1.54, 1.807) is 16.7 Å². The van der Waals surface area contributed by atoms with Crippen LogP contribution >= 0.6 is 11.8 Å². The number of fused-ring (bicyclic) bond motifs is 1. The summed E-state index contributed by atoms with van der Waals surface area (Å²) in [7, 11) is 2.22. The summed E-state index contributed by atoms with van der Waals surface area (Å²) < 4.78 is 5.94. The lowest BCUT2D eigenvalue weighted by Gasteiger charge is -2.32. The van der Waals surface area contributed by atoms with Gasteiger partial charge < -0.3 is 19.5 Å². The number of carbonyl (C=O) groups is 1. The van der Waals surface area contributed by atoms with Crippen molar-refractivity contribution in [1.29, 1.82) is 0 Å². The largest absolute Gasteiger partial charge is 0.451 e. The van der Waals surface area contributed by atoms with E-state index in [2.05, 4.69) is 23.3 Å². The number of quaternary nitrogens is 1. The molecule has 1 aliphatic heterocycles. The summed E-state index contributed by atoms with van der Waals surface area (Å²) in [6, 6.07) is 15.9. The number of anilines is 2. The monoisotopic (exact) mass is 396 g/mol. The smallest absolute Gasteiger partial charge is 0.291 e. The molecular formula is C22H26N3O2S+. The lowest BCUT2D eigenvalue weighted by Crippen LogP contribution is -3.12. The zero-order chi connectivity index (χ0) is 19.5. The van der Waals surface area contributed by atoms with Crippen LogP contribution in [0.25, 0.3) is 11.0 Å². The summed E-state index contributed by atoms with van der Waals surface area (Å²) in [5.41, 5.74) is 3.63. The first-order valence-electron chi connectivity index (χ1n) is 9.63. The summed E-state index contributed by atoms with van der Waals surface area (Å²) in [4.78, 5) is 17.0. The average molecular weight is 397 g/mol. The van der Waals surface area contributed by atoms with E-state index in [0.717, 1.165) is 59.8 Å². The van der Waals surface area contributed by atoms with Crippen LogP contribution in [0, 0.1) is 0 Å². The lowest BCUT2D eigenvalue weighted by atomic mass is 10.1. The molecule has 0 unspecified atom stereocenters. The van der Waals surface area contributed by atoms with Gasteiger partial charge in [0.25, 0.3) is 5.91 Å². The van der Waals surface area contributed by atoms with E-state index >= 15 is 0 Å². The molecule has 6 heteroatoms. The number of likely N-dealkylation sites (N-methyl/N-ethyl adjacent to an activating group) is 1. The normalized spacial score (nSPS) is 15.1. The number of hydrogen-bond donors (Lipinski definition) is 2. The van der Waals surface area contributed by atoms with Gasteiger partial charge >= 0.3 is 0 Å². The van der Waals surface area contributed by atoms with Gasteiger partial charge in [0.1, 0.15) is 5.58 Å². The molecule has 2 heterocycles. The number of benzene rings is 2. The number of para-hydroxylation sites is 3. The second-order valence-corrected chi connectivity index (χ2v) is 8.12. The van der Waals surface area contributed by atoms with E-state index in [0.29, 0.717) is 5.76 Å². The minimum absolute atomic E-state index is 0.188. The van der Waals surface area contributed by atoms with Crippen molar-refractivity contribution in [2.75, 3.05) is 49.7 Å². The van der Waals surface area contributed by atoms with Gasteiger partial charge in [0.2, 0.25) is 0 Å². The second kappa shape index (κ2) is 8.29. The minimum Gasteiger partial charge on any atom is -0.451 e. The van der Waals surface area contributed by atoms with E-state index in [1.165, 1.54) is 0 Å². The molecule has 1 saturated heterocycles. The van der Waals surface area contributed by atoms with Crippen molar-refractivity contribution >= 4 is 40.0 Å². The summed E-state index contributed by atoms with van der Waals surface area (Å²) >= 11 is 1.69. The van der Waals surface area contributed by atoms with Crippen LogP contribution in [0.5, 0.6) is 0 Å². The first-order chi connectivity index (χ1) is 13.7. The Kier molecular flexibility index (Phi) is 5.59. The number of hydrogen-bond acceptors (Lipinski definition) is 4. The predicted octanol–water partition coefficient (Wildman–Crippen LogP) is 2.88. The number of piperazine rings is 1. The van der Waals surface area contributed by atoms with Crippen molar-refractivity contribution in [3.05, 3.63) is 59.9 Å². The van der Waals surface area contributed by atoms with E-state index in [-0.39, 0.29) is 5.91 Å². The Hall–Kier alpha value is -2.44. The van der Waals surface area contributed by atoms with Gasteiger partial charge in [-0.2, -0.15) is 11.8 Å². The Morgan fingerprint density at radius 2 is 1.86 bits per heavy atom. The number of furan rings is 1. The molecule has 5 nitrogen and oxygen atoms in total. The van der Waals surface area contributed by atoms with Crippen LogP contribution in [0.15, 0.2) is 52.9 Å². The van der Waals surface area contributed by atoms with Crippen LogP contribution in [0.4, 0.5) is 11.4 Å². The van der Waals surface area contributed by atoms with Gasteiger partial charge in [0, 0.05) is 16.7 Å². The Bertz CT molecular complexity index is 977. The fraction of sp³-hybridized carbons (Fsp3) is 0.318. The van der Waals surface area contributed by atoms with Crippen molar-refractivity contribution in [3.63, 3.8) is 0 Å². The molecule has 28 heavy (non-hydrogen) atoms. The quantitative estimate of drug-likeness (QED) is 0.696. The number of nitrogens with one attached hydrogen (secondary N) is 2. The molecule has 2 aromatic carbocycles. The van der Waals surface area contributed by atoms with Crippen LogP contribution in [0.1, 0.15) is 16.1 Å². The fourth-order valence-corrected chi connectivity index (χ4v) is 4.31. The topological polar surface area (TPSA) is 49.9 Å². The van der Waals surface area contributed by atoms with E-state index < -0.39 is 0 Å². The van der Waals surface area contributed by atoms with Gasteiger partial charge in [-0.1, -0.05) is 30.3 Å². The summed E-state index contributed by atoms with van der Waals surface area (Å²) in [5, 5.41) is 4.12. The third kappa shape index (κ3) is 3.75. The van der Waals surface area contributed by atoms with Gasteiger partial charge in [-0.25, -0.2) is 0 Å². The van der Waals surface area contributed by atoms with Crippen LogP contribution in [0.2, 0.25) is 0 Å². The highest BCUT2D eigenvalue weighted by Gasteiger charge is 2.23. The van der Waals surface area contributed by atoms with E-state index in [9.17, 15) is 4.79 Å². The Morgan fingerprint density at radius 3 is 2.64 bits per heavy atom. The maximum absolute atomic E-state index is 13.1. The molecular weight excluding hydrogens is 370 g/mol. The molecule has 1 amide bonds. The molecule has 0 aliphatic carbocycles. The third-order valence-electron chi connectivity index (χ3n) is 5.30. The molecule has 1 aromatic heterocycles. The molecule has 0 radical (unpaired) electrons. The number of nitrogens with zero attached hydrogens (tertiary/aromatic N) is 1. The Morgan fingerprint density at radius 1 is 1.14 bits per heavy atom. The zero-order valence-corrected chi connectivity index (χ0v) is 17.1. The number of rotatable bonds is 5. The molecule has 2 N–H and O–H groups in total.